The Bertz CT molecular complexity index is 405. The van der Waals surface area contributed by atoms with E-state index in [1.807, 2.05) is 0 Å². The lowest BCUT2D eigenvalue weighted by Gasteiger charge is -2.07. The van der Waals surface area contributed by atoms with E-state index in [2.05, 4.69) is 5.32 Å². The Kier molecular flexibility index (Phi) is 5.00. The fourth-order valence-corrected chi connectivity index (χ4v) is 1.43. The smallest absolute Gasteiger partial charge is 0.389 e. The highest BCUT2D eigenvalue weighted by molar-refractivity contribution is 5.94. The molecule has 1 aromatic carbocycles. The van der Waals surface area contributed by atoms with Crippen LogP contribution in [-0.2, 0) is 0 Å². The number of hydrogen-bond acceptors (Lipinski definition) is 2. The molecule has 6 heteroatoms. The minimum absolute atomic E-state index is 0.0146. The number of anilines is 1. The Labute approximate surface area is 103 Å². The van der Waals surface area contributed by atoms with Gasteiger partial charge in [0.25, 0.3) is 5.91 Å². The molecule has 0 heterocycles. The Hall–Kier alpha value is -1.72. The van der Waals surface area contributed by atoms with Crippen molar-refractivity contribution >= 4 is 11.6 Å². The number of unbranched alkanes of at least 4 members (excludes halogenated alkanes) is 1. The van der Waals surface area contributed by atoms with Crippen LogP contribution in [0.3, 0.4) is 0 Å². The number of halogens is 3. The number of rotatable bonds is 5. The zero-order chi connectivity index (χ0) is 13.6. The van der Waals surface area contributed by atoms with Crippen molar-refractivity contribution in [2.45, 2.75) is 25.4 Å². The zero-order valence-corrected chi connectivity index (χ0v) is 9.76. The first kappa shape index (κ1) is 14.3. The van der Waals surface area contributed by atoms with E-state index in [1.54, 1.807) is 18.2 Å². The molecule has 0 fully saturated rings. The molecule has 1 aromatic rings. The Balaban J connectivity index is 2.26. The van der Waals surface area contributed by atoms with E-state index in [1.165, 1.54) is 6.07 Å². The normalized spacial score (nSPS) is 11.3. The molecule has 0 saturated heterocycles. The van der Waals surface area contributed by atoms with Gasteiger partial charge in [-0.05, 0) is 31.0 Å². The topological polar surface area (TPSA) is 55.1 Å². The third-order valence-electron chi connectivity index (χ3n) is 2.32. The van der Waals surface area contributed by atoms with Crippen LogP contribution in [-0.4, -0.2) is 18.6 Å². The van der Waals surface area contributed by atoms with Crippen molar-refractivity contribution in [1.29, 1.82) is 0 Å². The molecular weight excluding hydrogens is 245 g/mol. The van der Waals surface area contributed by atoms with Gasteiger partial charge < -0.3 is 11.1 Å². The largest absolute Gasteiger partial charge is 0.399 e. The highest BCUT2D eigenvalue weighted by Gasteiger charge is 2.25. The Morgan fingerprint density at radius 1 is 1.28 bits per heavy atom. The van der Waals surface area contributed by atoms with Gasteiger partial charge in [-0.2, -0.15) is 13.2 Å². The van der Waals surface area contributed by atoms with Crippen LogP contribution in [0.1, 0.15) is 29.6 Å². The summed E-state index contributed by atoms with van der Waals surface area (Å²) in [5.74, 6) is -0.325. The molecule has 0 aromatic heterocycles. The summed E-state index contributed by atoms with van der Waals surface area (Å²) in [4.78, 5) is 11.6. The van der Waals surface area contributed by atoms with Gasteiger partial charge in [0.15, 0.2) is 0 Å². The molecule has 100 valence electrons. The van der Waals surface area contributed by atoms with Crippen molar-refractivity contribution in [1.82, 2.24) is 5.32 Å². The molecule has 0 aliphatic carbocycles. The first-order chi connectivity index (χ1) is 8.38. The maximum atomic E-state index is 11.8. The summed E-state index contributed by atoms with van der Waals surface area (Å²) >= 11 is 0. The number of nitrogen functional groups attached to an aromatic ring is 1. The van der Waals surface area contributed by atoms with E-state index in [9.17, 15) is 18.0 Å². The molecular formula is C12H15F3N2O. The quantitative estimate of drug-likeness (QED) is 0.631. The van der Waals surface area contributed by atoms with Crippen molar-refractivity contribution in [3.8, 4) is 0 Å². The standard InChI is InChI=1S/C12H15F3N2O/c13-12(14,15)6-1-2-7-17-11(18)9-4-3-5-10(16)8-9/h3-5,8H,1-2,6-7,16H2,(H,17,18). The molecule has 0 bridgehead atoms. The summed E-state index contributed by atoms with van der Waals surface area (Å²) in [6.45, 7) is 0.226. The average molecular weight is 260 g/mol. The summed E-state index contributed by atoms with van der Waals surface area (Å²) < 4.78 is 35.5. The van der Waals surface area contributed by atoms with Gasteiger partial charge in [-0.1, -0.05) is 6.07 Å². The van der Waals surface area contributed by atoms with Crippen LogP contribution < -0.4 is 11.1 Å². The van der Waals surface area contributed by atoms with E-state index in [4.69, 9.17) is 5.73 Å². The molecule has 0 atom stereocenters. The third kappa shape index (κ3) is 5.56. The number of nitrogens with two attached hydrogens (primary N) is 1. The predicted molar refractivity (Wildman–Crippen MR) is 63.1 cm³/mol. The minimum atomic E-state index is -4.13. The molecule has 0 aliphatic rings. The van der Waals surface area contributed by atoms with E-state index >= 15 is 0 Å². The van der Waals surface area contributed by atoms with Gasteiger partial charge in [0.05, 0.1) is 0 Å². The summed E-state index contributed by atoms with van der Waals surface area (Å²) in [7, 11) is 0. The summed E-state index contributed by atoms with van der Waals surface area (Å²) in [5, 5.41) is 2.55. The van der Waals surface area contributed by atoms with Gasteiger partial charge >= 0.3 is 6.18 Å². The van der Waals surface area contributed by atoms with Gasteiger partial charge in [0.1, 0.15) is 0 Å². The van der Waals surface area contributed by atoms with Crippen LogP contribution in [0.15, 0.2) is 24.3 Å². The second kappa shape index (κ2) is 6.28. The second-order valence-electron chi connectivity index (χ2n) is 3.95. The molecule has 0 spiro atoms. The number of carbonyl (C=O) groups is 1. The number of benzene rings is 1. The zero-order valence-electron chi connectivity index (χ0n) is 9.76. The molecule has 0 saturated carbocycles. The van der Waals surface area contributed by atoms with Crippen molar-refractivity contribution in [3.05, 3.63) is 29.8 Å². The average Bonchev–Trinajstić information content (AvgIpc) is 2.26. The van der Waals surface area contributed by atoms with Crippen molar-refractivity contribution in [2.24, 2.45) is 0 Å². The Morgan fingerprint density at radius 2 is 2.00 bits per heavy atom. The molecule has 0 unspecified atom stereocenters. The van der Waals surface area contributed by atoms with Crippen molar-refractivity contribution < 1.29 is 18.0 Å². The molecule has 1 rings (SSSR count). The lowest BCUT2D eigenvalue weighted by molar-refractivity contribution is -0.135. The van der Waals surface area contributed by atoms with Crippen LogP contribution in [0, 0.1) is 0 Å². The van der Waals surface area contributed by atoms with Crippen LogP contribution in [0.2, 0.25) is 0 Å². The first-order valence-corrected chi connectivity index (χ1v) is 5.59. The lowest BCUT2D eigenvalue weighted by atomic mass is 10.2. The third-order valence-corrected chi connectivity index (χ3v) is 2.32. The van der Waals surface area contributed by atoms with Gasteiger partial charge in [0.2, 0.25) is 0 Å². The van der Waals surface area contributed by atoms with E-state index in [0.717, 1.165) is 0 Å². The SMILES string of the molecule is Nc1cccc(C(=O)NCCCCC(F)(F)F)c1. The van der Waals surface area contributed by atoms with Crippen LogP contribution >= 0.6 is 0 Å². The van der Waals surface area contributed by atoms with Crippen LogP contribution in [0.4, 0.5) is 18.9 Å². The second-order valence-corrected chi connectivity index (χ2v) is 3.95. The van der Waals surface area contributed by atoms with Gasteiger partial charge in [0, 0.05) is 24.2 Å². The number of hydrogen-bond donors (Lipinski definition) is 2. The maximum absolute atomic E-state index is 11.8. The molecule has 18 heavy (non-hydrogen) atoms. The molecule has 0 radical (unpaired) electrons. The lowest BCUT2D eigenvalue weighted by Crippen LogP contribution is -2.24. The molecule has 3 N–H and O–H groups in total. The van der Waals surface area contributed by atoms with Gasteiger partial charge in [-0.3, -0.25) is 4.79 Å². The maximum Gasteiger partial charge on any atom is 0.389 e. The van der Waals surface area contributed by atoms with E-state index in [-0.39, 0.29) is 18.9 Å². The summed E-state index contributed by atoms with van der Waals surface area (Å²) in [6, 6.07) is 6.42. The monoisotopic (exact) mass is 260 g/mol. The van der Waals surface area contributed by atoms with E-state index < -0.39 is 12.6 Å². The van der Waals surface area contributed by atoms with Gasteiger partial charge in [-0.25, -0.2) is 0 Å². The van der Waals surface area contributed by atoms with Crippen LogP contribution in [0.5, 0.6) is 0 Å². The van der Waals surface area contributed by atoms with Crippen molar-refractivity contribution in [2.75, 3.05) is 12.3 Å². The first-order valence-electron chi connectivity index (χ1n) is 5.59. The van der Waals surface area contributed by atoms with E-state index in [0.29, 0.717) is 17.7 Å². The molecule has 1 amide bonds. The fourth-order valence-electron chi connectivity index (χ4n) is 1.43. The highest BCUT2D eigenvalue weighted by atomic mass is 19.4. The van der Waals surface area contributed by atoms with Crippen LogP contribution in [0.25, 0.3) is 0 Å². The number of alkyl halides is 3. The number of carbonyl (C=O) groups excluding carboxylic acids is 1. The highest BCUT2D eigenvalue weighted by Crippen LogP contribution is 2.21. The fraction of sp³-hybridized carbons (Fsp3) is 0.417. The number of nitrogens with one attached hydrogen (secondary N) is 1. The van der Waals surface area contributed by atoms with Gasteiger partial charge in [-0.15, -0.1) is 0 Å². The predicted octanol–water partition coefficient (Wildman–Crippen LogP) is 2.73. The summed E-state index contributed by atoms with van der Waals surface area (Å²) in [6.07, 6.45) is -4.63. The number of amides is 1. The minimum Gasteiger partial charge on any atom is -0.399 e. The Morgan fingerprint density at radius 3 is 2.61 bits per heavy atom. The molecule has 0 aliphatic heterocycles. The summed E-state index contributed by atoms with van der Waals surface area (Å²) in [5.41, 5.74) is 6.40. The van der Waals surface area contributed by atoms with Crippen molar-refractivity contribution in [3.63, 3.8) is 0 Å². The molecule has 3 nitrogen and oxygen atoms in total.